The third-order valence-electron chi connectivity index (χ3n) is 5.57. The van der Waals surface area contributed by atoms with Crippen LogP contribution in [0.3, 0.4) is 0 Å². The SMILES string of the molecule is CCN(C)C(=O)c1cc2cc(Cl)c3c(c2o1)C1(CCCCC1)NC(=O)N3. The fourth-order valence-corrected chi connectivity index (χ4v) is 4.38. The van der Waals surface area contributed by atoms with Crippen LogP contribution in [0.5, 0.6) is 0 Å². The zero-order valence-electron chi connectivity index (χ0n) is 14.9. The molecule has 3 amide bonds. The van der Waals surface area contributed by atoms with Crippen molar-refractivity contribution in [3.05, 3.63) is 28.5 Å². The first-order chi connectivity index (χ1) is 12.4. The Hall–Kier alpha value is -2.21. The number of carbonyl (C=O) groups excluding carboxylic acids is 2. The van der Waals surface area contributed by atoms with E-state index in [2.05, 4.69) is 10.6 Å². The van der Waals surface area contributed by atoms with Crippen molar-refractivity contribution in [2.45, 2.75) is 44.6 Å². The second-order valence-corrected chi connectivity index (χ2v) is 7.59. The molecule has 1 aliphatic carbocycles. The summed E-state index contributed by atoms with van der Waals surface area (Å²) in [6.45, 7) is 2.51. The van der Waals surface area contributed by atoms with Crippen LogP contribution in [-0.2, 0) is 5.54 Å². The van der Waals surface area contributed by atoms with Gasteiger partial charge in [0.25, 0.3) is 5.91 Å². The van der Waals surface area contributed by atoms with Crippen LogP contribution in [0.15, 0.2) is 16.5 Å². The van der Waals surface area contributed by atoms with Crippen LogP contribution >= 0.6 is 11.6 Å². The molecule has 7 heteroatoms. The fourth-order valence-electron chi connectivity index (χ4n) is 4.12. The summed E-state index contributed by atoms with van der Waals surface area (Å²) in [5, 5.41) is 7.19. The number of amides is 3. The molecule has 1 aliphatic heterocycles. The number of anilines is 1. The summed E-state index contributed by atoms with van der Waals surface area (Å²) in [4.78, 5) is 26.4. The molecule has 4 rings (SSSR count). The Morgan fingerprint density at radius 1 is 1.31 bits per heavy atom. The van der Waals surface area contributed by atoms with Gasteiger partial charge in [-0.1, -0.05) is 30.9 Å². The average molecular weight is 376 g/mol. The Kier molecular flexibility index (Phi) is 4.10. The standard InChI is InChI=1S/C19H22ClN3O3/c1-3-23(2)17(24)13-10-11-9-12(20)15-14(16(11)26-13)19(22-18(25)21-15)7-5-4-6-8-19/h9-10H,3-8H2,1-2H3,(H2,21,22,25). The average Bonchev–Trinajstić information content (AvgIpc) is 3.04. The van der Waals surface area contributed by atoms with Crippen molar-refractivity contribution in [2.75, 3.05) is 18.9 Å². The smallest absolute Gasteiger partial charge is 0.319 e. The largest absolute Gasteiger partial charge is 0.450 e. The highest BCUT2D eigenvalue weighted by atomic mass is 35.5. The Balaban J connectivity index is 1.94. The zero-order chi connectivity index (χ0) is 18.5. The maximum atomic E-state index is 12.5. The lowest BCUT2D eigenvalue weighted by atomic mass is 9.74. The predicted molar refractivity (Wildman–Crippen MR) is 101 cm³/mol. The van der Waals surface area contributed by atoms with Gasteiger partial charge in [-0.2, -0.15) is 0 Å². The molecule has 1 fully saturated rings. The highest BCUT2D eigenvalue weighted by molar-refractivity contribution is 6.35. The number of furan rings is 1. The first kappa shape index (κ1) is 17.2. The molecule has 6 nitrogen and oxygen atoms in total. The molecule has 1 spiro atoms. The molecule has 2 aromatic rings. The Bertz CT molecular complexity index is 899. The molecule has 0 radical (unpaired) electrons. The number of urea groups is 1. The summed E-state index contributed by atoms with van der Waals surface area (Å²) in [6.07, 6.45) is 4.87. The van der Waals surface area contributed by atoms with Crippen molar-refractivity contribution >= 4 is 40.2 Å². The van der Waals surface area contributed by atoms with Crippen molar-refractivity contribution < 1.29 is 14.0 Å². The molecule has 0 atom stereocenters. The van der Waals surface area contributed by atoms with Gasteiger partial charge in [-0.25, -0.2) is 4.79 Å². The van der Waals surface area contributed by atoms with E-state index in [-0.39, 0.29) is 17.7 Å². The molecular formula is C19H22ClN3O3. The van der Waals surface area contributed by atoms with E-state index >= 15 is 0 Å². The molecule has 0 bridgehead atoms. The van der Waals surface area contributed by atoms with Crippen LogP contribution in [0.1, 0.15) is 55.1 Å². The lowest BCUT2D eigenvalue weighted by molar-refractivity contribution is 0.0773. The Morgan fingerprint density at radius 2 is 2.04 bits per heavy atom. The molecule has 0 saturated heterocycles. The number of halogens is 1. The zero-order valence-corrected chi connectivity index (χ0v) is 15.7. The van der Waals surface area contributed by atoms with Crippen molar-refractivity contribution in [1.29, 1.82) is 0 Å². The lowest BCUT2D eigenvalue weighted by Gasteiger charge is -2.42. The van der Waals surface area contributed by atoms with E-state index in [1.165, 1.54) is 0 Å². The van der Waals surface area contributed by atoms with Crippen molar-refractivity contribution in [1.82, 2.24) is 10.2 Å². The van der Waals surface area contributed by atoms with Crippen LogP contribution in [0.4, 0.5) is 10.5 Å². The summed E-state index contributed by atoms with van der Waals surface area (Å²) in [5.41, 5.74) is 1.61. The molecule has 2 heterocycles. The minimum Gasteiger partial charge on any atom is -0.450 e. The molecule has 1 aromatic carbocycles. The molecule has 0 unspecified atom stereocenters. The van der Waals surface area contributed by atoms with E-state index in [9.17, 15) is 9.59 Å². The maximum Gasteiger partial charge on any atom is 0.319 e. The number of nitrogens with zero attached hydrogens (tertiary/aromatic N) is 1. The van der Waals surface area contributed by atoms with Gasteiger partial charge in [-0.3, -0.25) is 4.79 Å². The number of hydrogen-bond donors (Lipinski definition) is 2. The summed E-state index contributed by atoms with van der Waals surface area (Å²) < 4.78 is 6.03. The number of nitrogens with one attached hydrogen (secondary N) is 2. The first-order valence-electron chi connectivity index (χ1n) is 9.06. The van der Waals surface area contributed by atoms with Gasteiger partial charge < -0.3 is 20.0 Å². The number of benzene rings is 1. The van der Waals surface area contributed by atoms with E-state index in [4.69, 9.17) is 16.0 Å². The van der Waals surface area contributed by atoms with Gasteiger partial charge in [-0.05, 0) is 31.9 Å². The summed E-state index contributed by atoms with van der Waals surface area (Å²) >= 11 is 6.49. The van der Waals surface area contributed by atoms with Gasteiger partial charge in [0.2, 0.25) is 0 Å². The fraction of sp³-hybridized carbons (Fsp3) is 0.474. The van der Waals surface area contributed by atoms with Crippen molar-refractivity contribution in [3.8, 4) is 0 Å². The number of rotatable bonds is 2. The van der Waals surface area contributed by atoms with Gasteiger partial charge in [-0.15, -0.1) is 0 Å². The van der Waals surface area contributed by atoms with Crippen LogP contribution in [0.2, 0.25) is 5.02 Å². The van der Waals surface area contributed by atoms with Crippen LogP contribution < -0.4 is 10.6 Å². The third-order valence-corrected chi connectivity index (χ3v) is 5.87. The predicted octanol–water partition coefficient (Wildman–Crippen LogP) is 4.47. The van der Waals surface area contributed by atoms with E-state index in [0.717, 1.165) is 43.1 Å². The number of hydrogen-bond acceptors (Lipinski definition) is 3. The summed E-state index contributed by atoms with van der Waals surface area (Å²) in [6, 6.07) is 3.25. The maximum absolute atomic E-state index is 12.5. The Labute approximate surface area is 156 Å². The quantitative estimate of drug-likeness (QED) is 0.813. The lowest BCUT2D eigenvalue weighted by Crippen LogP contribution is -2.52. The second-order valence-electron chi connectivity index (χ2n) is 7.18. The second kappa shape index (κ2) is 6.20. The van der Waals surface area contributed by atoms with E-state index in [0.29, 0.717) is 22.8 Å². The van der Waals surface area contributed by atoms with E-state index in [1.54, 1.807) is 24.1 Å². The molecule has 138 valence electrons. The third kappa shape index (κ3) is 2.55. The molecule has 26 heavy (non-hydrogen) atoms. The van der Waals surface area contributed by atoms with E-state index < -0.39 is 5.54 Å². The van der Waals surface area contributed by atoms with E-state index in [1.807, 2.05) is 6.92 Å². The number of carbonyl (C=O) groups is 2. The number of fused-ring (bicyclic) bond motifs is 4. The minimum absolute atomic E-state index is 0.168. The molecule has 2 N–H and O–H groups in total. The van der Waals surface area contributed by atoms with Gasteiger partial charge in [0, 0.05) is 24.5 Å². The molecule has 1 aromatic heterocycles. The molecule has 2 aliphatic rings. The highest BCUT2D eigenvalue weighted by Crippen LogP contribution is 2.48. The van der Waals surface area contributed by atoms with Gasteiger partial charge in [0.15, 0.2) is 5.76 Å². The monoisotopic (exact) mass is 375 g/mol. The van der Waals surface area contributed by atoms with Crippen LogP contribution in [0, 0.1) is 0 Å². The normalized spacial score (nSPS) is 18.3. The molecule has 1 saturated carbocycles. The van der Waals surface area contributed by atoms with Crippen molar-refractivity contribution in [3.63, 3.8) is 0 Å². The van der Waals surface area contributed by atoms with Crippen LogP contribution in [-0.4, -0.2) is 30.4 Å². The highest BCUT2D eigenvalue weighted by Gasteiger charge is 2.43. The van der Waals surface area contributed by atoms with Gasteiger partial charge in [0.1, 0.15) is 5.58 Å². The topological polar surface area (TPSA) is 74.6 Å². The minimum atomic E-state index is -0.492. The summed E-state index contributed by atoms with van der Waals surface area (Å²) in [5.74, 6) is 0.121. The van der Waals surface area contributed by atoms with Gasteiger partial charge >= 0.3 is 6.03 Å². The summed E-state index contributed by atoms with van der Waals surface area (Å²) in [7, 11) is 1.74. The Morgan fingerprint density at radius 3 is 2.73 bits per heavy atom. The first-order valence-corrected chi connectivity index (χ1v) is 9.44. The van der Waals surface area contributed by atoms with Crippen LogP contribution in [0.25, 0.3) is 11.0 Å². The van der Waals surface area contributed by atoms with Gasteiger partial charge in [0.05, 0.1) is 16.2 Å². The van der Waals surface area contributed by atoms with Crippen molar-refractivity contribution in [2.24, 2.45) is 0 Å². The molecular weight excluding hydrogens is 354 g/mol.